The predicted octanol–water partition coefficient (Wildman–Crippen LogP) is 16.1. The topological polar surface area (TPSA) is 17.8 Å². The van der Waals surface area contributed by atoms with E-state index in [1.807, 2.05) is 12.3 Å². The average molecular weight is 805 g/mol. The highest BCUT2D eigenvalue weighted by molar-refractivity contribution is 6.23. The zero-order valence-corrected chi connectivity index (χ0v) is 35.9. The Bertz CT molecular complexity index is 3680. The van der Waals surface area contributed by atoms with Gasteiger partial charge in [-0.15, -0.1) is 0 Å². The Morgan fingerprint density at radius 3 is 1.60 bits per heavy atom. The van der Waals surface area contributed by atoms with E-state index < -0.39 is 0 Å². The van der Waals surface area contributed by atoms with Gasteiger partial charge in [-0.3, -0.25) is 4.98 Å². The summed E-state index contributed by atoms with van der Waals surface area (Å²) in [6.07, 6.45) is 1.88. The minimum absolute atomic E-state index is 0.138. The summed E-state index contributed by atoms with van der Waals surface area (Å²) in [4.78, 5) is 4.75. The van der Waals surface area contributed by atoms with Crippen molar-refractivity contribution in [2.75, 3.05) is 0 Å². The van der Waals surface area contributed by atoms with Crippen molar-refractivity contribution in [1.29, 1.82) is 0 Å². The lowest BCUT2D eigenvalue weighted by atomic mass is 9.78. The molecular weight excluding hydrogens is 761 g/mol. The van der Waals surface area contributed by atoms with Gasteiger partial charge in [0.05, 0.1) is 16.7 Å². The van der Waals surface area contributed by atoms with E-state index >= 15 is 0 Å². The molecule has 2 aliphatic rings. The number of para-hydroxylation sites is 2. The first-order valence-electron chi connectivity index (χ1n) is 22.2. The molecule has 0 atom stereocenters. The summed E-state index contributed by atoms with van der Waals surface area (Å²) in [6, 6.07) is 70.3. The van der Waals surface area contributed by atoms with E-state index in [-0.39, 0.29) is 10.8 Å². The molecule has 0 saturated carbocycles. The van der Waals surface area contributed by atoms with Crippen molar-refractivity contribution in [3.8, 4) is 61.5 Å². The van der Waals surface area contributed by atoms with Crippen LogP contribution in [0.4, 0.5) is 0 Å². The fourth-order valence-corrected chi connectivity index (χ4v) is 11.6. The SMILES string of the molecule is CC1(C)c2cc(-c3c4ccccc4c(-c4cccc(-c5ccccn5)c4)c4cc5c(cc34)-c3ccccc3C5(C)C)ccc2-c2ccc(-n3c4ccccc4c4ccccc43)cc21. The quantitative estimate of drug-likeness (QED) is 0.162. The maximum absolute atomic E-state index is 4.75. The molecule has 0 amide bonds. The molecule has 2 heterocycles. The summed E-state index contributed by atoms with van der Waals surface area (Å²) in [5.41, 5.74) is 21.2. The molecule has 0 unspecified atom stereocenters. The first-order chi connectivity index (χ1) is 30.8. The van der Waals surface area contributed by atoms with Crippen LogP contribution < -0.4 is 0 Å². The Labute approximate surface area is 367 Å². The zero-order chi connectivity index (χ0) is 42.2. The molecule has 13 rings (SSSR count). The maximum atomic E-state index is 4.75. The van der Waals surface area contributed by atoms with Gasteiger partial charge in [-0.25, -0.2) is 0 Å². The van der Waals surface area contributed by atoms with Crippen LogP contribution in [0.3, 0.4) is 0 Å². The van der Waals surface area contributed by atoms with Gasteiger partial charge in [0.15, 0.2) is 0 Å². The van der Waals surface area contributed by atoms with E-state index in [1.54, 1.807) is 0 Å². The lowest BCUT2D eigenvalue weighted by molar-refractivity contribution is 0.660. The van der Waals surface area contributed by atoms with Gasteiger partial charge in [0, 0.05) is 39.1 Å². The van der Waals surface area contributed by atoms with Crippen molar-refractivity contribution in [2.24, 2.45) is 0 Å². The highest BCUT2D eigenvalue weighted by Gasteiger charge is 2.38. The van der Waals surface area contributed by atoms with Crippen LogP contribution in [0, 0.1) is 0 Å². The van der Waals surface area contributed by atoms with Crippen molar-refractivity contribution in [1.82, 2.24) is 9.55 Å². The minimum Gasteiger partial charge on any atom is -0.309 e. The zero-order valence-electron chi connectivity index (χ0n) is 35.9. The highest BCUT2D eigenvalue weighted by Crippen LogP contribution is 2.55. The molecule has 2 aliphatic carbocycles. The molecule has 9 aromatic carbocycles. The lowest BCUT2D eigenvalue weighted by Gasteiger charge is -2.25. The fourth-order valence-electron chi connectivity index (χ4n) is 11.6. The van der Waals surface area contributed by atoms with E-state index in [9.17, 15) is 0 Å². The Morgan fingerprint density at radius 2 is 0.889 bits per heavy atom. The van der Waals surface area contributed by atoms with Gasteiger partial charge in [0.25, 0.3) is 0 Å². The van der Waals surface area contributed by atoms with Crippen LogP contribution in [0.25, 0.3) is 105 Å². The smallest absolute Gasteiger partial charge is 0.0702 e. The molecule has 2 aromatic heterocycles. The van der Waals surface area contributed by atoms with Gasteiger partial charge < -0.3 is 4.57 Å². The van der Waals surface area contributed by atoms with E-state index in [0.29, 0.717) is 0 Å². The highest BCUT2D eigenvalue weighted by atomic mass is 15.0. The number of benzene rings is 9. The van der Waals surface area contributed by atoms with Crippen LogP contribution >= 0.6 is 0 Å². The molecule has 0 radical (unpaired) electrons. The Balaban J connectivity index is 1.05. The molecule has 0 N–H and O–H groups in total. The van der Waals surface area contributed by atoms with Crippen molar-refractivity contribution >= 4 is 43.4 Å². The van der Waals surface area contributed by atoms with Crippen molar-refractivity contribution in [2.45, 2.75) is 38.5 Å². The molecule has 11 aromatic rings. The van der Waals surface area contributed by atoms with Gasteiger partial charge in [-0.1, -0.05) is 155 Å². The standard InChI is InChI=1S/C61H44N2/c1-60(2)51-23-10-7-18-41(51)48-35-49-50(36-54(48)60)58(38-17-15-16-37(32-38)55-24-13-14-31-62-55)46-21-5-6-22-47(46)59(49)39-27-29-42-43-30-28-40(34-53(43)61(3,4)52(42)33-39)63-56-25-11-8-19-44(56)45-20-9-12-26-57(45)63/h5-36H,1-4H3. The van der Waals surface area contributed by atoms with Gasteiger partial charge in [-0.05, 0) is 149 Å². The number of pyridine rings is 1. The van der Waals surface area contributed by atoms with Crippen LogP contribution in [0.5, 0.6) is 0 Å². The fraction of sp³-hybridized carbons (Fsp3) is 0.0984. The van der Waals surface area contributed by atoms with E-state index in [1.165, 1.54) is 116 Å². The summed E-state index contributed by atoms with van der Waals surface area (Å²) in [5, 5.41) is 7.64. The summed E-state index contributed by atoms with van der Waals surface area (Å²) >= 11 is 0. The van der Waals surface area contributed by atoms with E-state index in [0.717, 1.165) is 11.3 Å². The number of hydrogen-bond donors (Lipinski definition) is 0. The van der Waals surface area contributed by atoms with Crippen LogP contribution in [-0.4, -0.2) is 9.55 Å². The monoisotopic (exact) mass is 804 g/mol. The van der Waals surface area contributed by atoms with Crippen LogP contribution in [0.1, 0.15) is 49.9 Å². The van der Waals surface area contributed by atoms with Gasteiger partial charge in [0.2, 0.25) is 0 Å². The molecule has 0 saturated heterocycles. The molecule has 2 nitrogen and oxygen atoms in total. The molecule has 298 valence electrons. The molecule has 0 spiro atoms. The molecule has 2 heteroatoms. The largest absolute Gasteiger partial charge is 0.309 e. The first-order valence-corrected chi connectivity index (χ1v) is 22.2. The molecular formula is C61H44N2. The molecule has 0 bridgehead atoms. The van der Waals surface area contributed by atoms with Gasteiger partial charge in [-0.2, -0.15) is 0 Å². The Hall–Kier alpha value is -7.55. The van der Waals surface area contributed by atoms with Crippen LogP contribution in [0.15, 0.2) is 194 Å². The van der Waals surface area contributed by atoms with Crippen molar-refractivity contribution in [3.05, 3.63) is 217 Å². The molecule has 0 fully saturated rings. The minimum atomic E-state index is -0.225. The molecule has 63 heavy (non-hydrogen) atoms. The number of rotatable bonds is 4. The van der Waals surface area contributed by atoms with E-state index in [4.69, 9.17) is 4.98 Å². The second-order valence-electron chi connectivity index (χ2n) is 18.7. The normalized spacial score (nSPS) is 14.3. The lowest BCUT2D eigenvalue weighted by Crippen LogP contribution is -2.15. The summed E-state index contributed by atoms with van der Waals surface area (Å²) in [7, 11) is 0. The number of fused-ring (bicyclic) bond motifs is 11. The Morgan fingerprint density at radius 1 is 0.349 bits per heavy atom. The number of nitrogens with zero attached hydrogens (tertiary/aromatic N) is 2. The van der Waals surface area contributed by atoms with Crippen LogP contribution in [0.2, 0.25) is 0 Å². The Kier molecular flexibility index (Phi) is 7.45. The summed E-state index contributed by atoms with van der Waals surface area (Å²) in [5.74, 6) is 0. The summed E-state index contributed by atoms with van der Waals surface area (Å²) in [6.45, 7) is 9.60. The van der Waals surface area contributed by atoms with Crippen LogP contribution in [-0.2, 0) is 10.8 Å². The molecule has 0 aliphatic heterocycles. The van der Waals surface area contributed by atoms with E-state index in [2.05, 4.69) is 214 Å². The summed E-state index contributed by atoms with van der Waals surface area (Å²) < 4.78 is 2.44. The number of aromatic nitrogens is 2. The number of hydrogen-bond acceptors (Lipinski definition) is 1. The van der Waals surface area contributed by atoms with Crippen molar-refractivity contribution < 1.29 is 0 Å². The van der Waals surface area contributed by atoms with Crippen molar-refractivity contribution in [3.63, 3.8) is 0 Å². The predicted molar refractivity (Wildman–Crippen MR) is 265 cm³/mol. The third kappa shape index (κ3) is 5.04. The maximum Gasteiger partial charge on any atom is 0.0702 e. The third-order valence-corrected chi connectivity index (χ3v) is 14.6. The second-order valence-corrected chi connectivity index (χ2v) is 18.7. The van der Waals surface area contributed by atoms with Gasteiger partial charge >= 0.3 is 0 Å². The second kappa shape index (κ2) is 13.0. The van der Waals surface area contributed by atoms with Gasteiger partial charge in [0.1, 0.15) is 0 Å². The average Bonchev–Trinajstić information content (AvgIpc) is 3.86. The third-order valence-electron chi connectivity index (χ3n) is 14.6. The first kappa shape index (κ1) is 36.1.